The first-order valence-electron chi connectivity index (χ1n) is 19.0. The molecule has 10 atom stereocenters. The first-order chi connectivity index (χ1) is 28.3. The summed E-state index contributed by atoms with van der Waals surface area (Å²) >= 11 is 0. The van der Waals surface area contributed by atoms with Gasteiger partial charge in [0.2, 0.25) is 5.91 Å². The zero-order valence-corrected chi connectivity index (χ0v) is 32.8. The molecule has 2 fully saturated rings. The molecule has 59 heavy (non-hydrogen) atoms. The lowest BCUT2D eigenvalue weighted by atomic mass is 9.93. The molecule has 3 aromatic rings. The largest absolute Gasteiger partial charge is 0.463 e. The van der Waals surface area contributed by atoms with Crippen LogP contribution in [0.2, 0.25) is 0 Å². The Hall–Kier alpha value is -5.56. The molecule has 3 aromatic carbocycles. The van der Waals surface area contributed by atoms with Crippen molar-refractivity contribution >= 4 is 35.6 Å². The Balaban J connectivity index is 1.42. The monoisotopic (exact) mass is 818 g/mol. The lowest BCUT2D eigenvalue weighted by Crippen LogP contribution is -2.71. The van der Waals surface area contributed by atoms with E-state index in [4.69, 9.17) is 37.9 Å². The molecule has 0 spiro atoms. The van der Waals surface area contributed by atoms with E-state index >= 15 is 0 Å². The fourth-order valence-electron chi connectivity index (χ4n) is 7.27. The number of esters is 3. The Bertz CT molecular complexity index is 1950. The summed E-state index contributed by atoms with van der Waals surface area (Å²) in [5, 5.41) is 14.8. The lowest BCUT2D eigenvalue weighted by Gasteiger charge is -2.50. The molecule has 0 aromatic heterocycles. The summed E-state index contributed by atoms with van der Waals surface area (Å²) in [6, 6.07) is 21.4. The van der Waals surface area contributed by atoms with Gasteiger partial charge in [-0.3, -0.25) is 33.7 Å². The number of benzene rings is 3. The first kappa shape index (κ1) is 43.0. The van der Waals surface area contributed by atoms with Crippen molar-refractivity contribution in [3.05, 3.63) is 107 Å². The van der Waals surface area contributed by atoms with Crippen LogP contribution in [0.1, 0.15) is 59.5 Å². The number of imide groups is 1. The number of hydrogen-bond donors (Lipinski definition) is 2. The van der Waals surface area contributed by atoms with Crippen LogP contribution in [-0.4, -0.2) is 120 Å². The van der Waals surface area contributed by atoms with E-state index in [-0.39, 0.29) is 30.9 Å². The van der Waals surface area contributed by atoms with Crippen molar-refractivity contribution in [1.82, 2.24) is 10.2 Å². The molecule has 3 amide bonds. The van der Waals surface area contributed by atoms with E-state index in [1.165, 1.54) is 19.1 Å². The minimum absolute atomic E-state index is 0.00262. The summed E-state index contributed by atoms with van der Waals surface area (Å²) in [6.07, 6.45) is -12.1. The van der Waals surface area contributed by atoms with E-state index < -0.39 is 104 Å². The predicted molar refractivity (Wildman–Crippen MR) is 202 cm³/mol. The molecule has 6 rings (SSSR count). The van der Waals surface area contributed by atoms with Gasteiger partial charge in [0.1, 0.15) is 43.1 Å². The number of rotatable bonds is 15. The molecule has 3 aliphatic heterocycles. The van der Waals surface area contributed by atoms with Gasteiger partial charge in [-0.05, 0) is 23.3 Å². The maximum atomic E-state index is 14.1. The summed E-state index contributed by atoms with van der Waals surface area (Å²) < 4.78 is 48.1. The SMILES string of the molecule is CC(=O)N[C@H]1[C@@H](OCc2ccccc2)O[C@H](COCc2ccccc2)[C@H](O)[C@@H]1O[C@@H]1O[C@H](COC(C)=O)[C@H](OC(C)=O)[C@H](OC(C)=O)[C@H]1N1C(=O)c2ccccc2C1=O. The number of hydrogen-bond acceptors (Lipinski definition) is 15. The number of carbonyl (C=O) groups excluding carboxylic acids is 6. The number of aliphatic hydroxyl groups excluding tert-OH is 1. The minimum atomic E-state index is -1.82. The zero-order chi connectivity index (χ0) is 42.2. The van der Waals surface area contributed by atoms with Crippen molar-refractivity contribution < 1.29 is 71.8 Å². The molecule has 17 nitrogen and oxygen atoms in total. The highest BCUT2D eigenvalue weighted by Crippen LogP contribution is 2.38. The normalized spacial score (nSPS) is 27.7. The minimum Gasteiger partial charge on any atom is -0.463 e. The van der Waals surface area contributed by atoms with Crippen LogP contribution in [0.15, 0.2) is 84.9 Å². The number of aliphatic hydroxyl groups is 1. The van der Waals surface area contributed by atoms with Gasteiger partial charge in [0.25, 0.3) is 11.8 Å². The molecule has 3 heterocycles. The van der Waals surface area contributed by atoms with Crippen LogP contribution in [0.25, 0.3) is 0 Å². The van der Waals surface area contributed by atoms with Crippen molar-refractivity contribution in [3.63, 3.8) is 0 Å². The number of nitrogens with one attached hydrogen (secondary N) is 1. The van der Waals surface area contributed by atoms with E-state index in [0.717, 1.165) is 36.8 Å². The second-order valence-corrected chi connectivity index (χ2v) is 14.2. The highest BCUT2D eigenvalue weighted by atomic mass is 16.7. The van der Waals surface area contributed by atoms with Crippen LogP contribution in [0.5, 0.6) is 0 Å². The third-order valence-corrected chi connectivity index (χ3v) is 9.78. The summed E-state index contributed by atoms with van der Waals surface area (Å²) in [5.41, 5.74) is 1.65. The van der Waals surface area contributed by atoms with E-state index in [1.807, 2.05) is 60.7 Å². The smallest absolute Gasteiger partial charge is 0.303 e. The van der Waals surface area contributed by atoms with Gasteiger partial charge in [-0.15, -0.1) is 0 Å². The molecule has 2 saturated heterocycles. The maximum absolute atomic E-state index is 14.1. The first-order valence-corrected chi connectivity index (χ1v) is 19.0. The second kappa shape index (κ2) is 19.5. The van der Waals surface area contributed by atoms with Crippen molar-refractivity contribution in [3.8, 4) is 0 Å². The van der Waals surface area contributed by atoms with E-state index in [0.29, 0.717) is 0 Å². The Kier molecular flexibility index (Phi) is 14.2. The molecular weight excluding hydrogens is 772 g/mol. The molecule has 2 N–H and O–H groups in total. The number of carbonyl (C=O) groups is 6. The molecule has 0 bridgehead atoms. The van der Waals surface area contributed by atoms with E-state index in [1.54, 1.807) is 12.1 Å². The van der Waals surface area contributed by atoms with Crippen LogP contribution in [0, 0.1) is 0 Å². The van der Waals surface area contributed by atoms with Gasteiger partial charge in [-0.1, -0.05) is 72.8 Å². The average molecular weight is 819 g/mol. The molecular formula is C42H46N2O15. The molecule has 17 heteroatoms. The Morgan fingerprint density at radius 3 is 1.76 bits per heavy atom. The van der Waals surface area contributed by atoms with Crippen molar-refractivity contribution in [2.45, 2.75) is 102 Å². The van der Waals surface area contributed by atoms with Crippen LogP contribution in [0.3, 0.4) is 0 Å². The van der Waals surface area contributed by atoms with Gasteiger partial charge in [0, 0.05) is 27.7 Å². The highest BCUT2D eigenvalue weighted by molar-refractivity contribution is 6.21. The van der Waals surface area contributed by atoms with Crippen LogP contribution in [-0.2, 0) is 70.3 Å². The van der Waals surface area contributed by atoms with Gasteiger partial charge in [-0.2, -0.15) is 0 Å². The number of nitrogens with zero attached hydrogens (tertiary/aromatic N) is 1. The zero-order valence-electron chi connectivity index (χ0n) is 32.8. The fourth-order valence-corrected chi connectivity index (χ4v) is 7.27. The quantitative estimate of drug-likeness (QED) is 0.128. The topological polar surface area (TPSA) is 212 Å². The van der Waals surface area contributed by atoms with Crippen LogP contribution in [0.4, 0.5) is 0 Å². The van der Waals surface area contributed by atoms with Crippen molar-refractivity contribution in [1.29, 1.82) is 0 Å². The van der Waals surface area contributed by atoms with Crippen molar-refractivity contribution in [2.24, 2.45) is 0 Å². The van der Waals surface area contributed by atoms with Crippen molar-refractivity contribution in [2.75, 3.05) is 13.2 Å². The molecule has 0 aliphatic carbocycles. The summed E-state index contributed by atoms with van der Waals surface area (Å²) in [6.45, 7) is 3.92. The van der Waals surface area contributed by atoms with Gasteiger partial charge >= 0.3 is 17.9 Å². The Morgan fingerprint density at radius 2 is 1.20 bits per heavy atom. The Labute approximate surface area is 339 Å². The summed E-state index contributed by atoms with van der Waals surface area (Å²) in [4.78, 5) is 79.3. The fraction of sp³-hybridized carbons (Fsp3) is 0.429. The number of ether oxygens (including phenoxy) is 8. The summed E-state index contributed by atoms with van der Waals surface area (Å²) in [7, 11) is 0. The van der Waals surface area contributed by atoms with E-state index in [9.17, 15) is 33.9 Å². The lowest BCUT2D eigenvalue weighted by molar-refractivity contribution is -0.336. The molecule has 0 unspecified atom stereocenters. The van der Waals surface area contributed by atoms with Crippen LogP contribution >= 0.6 is 0 Å². The van der Waals surface area contributed by atoms with Gasteiger partial charge < -0.3 is 48.3 Å². The van der Waals surface area contributed by atoms with E-state index in [2.05, 4.69) is 5.32 Å². The number of fused-ring (bicyclic) bond motifs is 1. The average Bonchev–Trinajstić information content (AvgIpc) is 3.45. The van der Waals surface area contributed by atoms with Gasteiger partial charge in [0.15, 0.2) is 24.8 Å². The summed E-state index contributed by atoms with van der Waals surface area (Å²) in [5.74, 6) is -4.67. The predicted octanol–water partition coefficient (Wildman–Crippen LogP) is 2.21. The van der Waals surface area contributed by atoms with Crippen LogP contribution < -0.4 is 5.32 Å². The Morgan fingerprint density at radius 1 is 0.661 bits per heavy atom. The maximum Gasteiger partial charge on any atom is 0.303 e. The second-order valence-electron chi connectivity index (χ2n) is 14.2. The third kappa shape index (κ3) is 10.4. The molecule has 0 radical (unpaired) electrons. The van der Waals surface area contributed by atoms with Gasteiger partial charge in [0.05, 0.1) is 30.9 Å². The number of amides is 3. The van der Waals surface area contributed by atoms with Gasteiger partial charge in [-0.25, -0.2) is 0 Å². The highest BCUT2D eigenvalue weighted by Gasteiger charge is 2.59. The molecule has 3 aliphatic rings. The molecule has 314 valence electrons. The standard InChI is InChI=1S/C42H46N2O15/c1-23(45)43-33-37(35(49)31(21-52-19-27-13-7-5-8-14-27)57-41(33)54-20-28-15-9-6-10-16-28)59-42-34(44-39(50)29-17-11-12-18-30(29)40(44)51)38(56-26(4)48)36(55-25(3)47)32(58-42)22-53-24(2)46/h5-18,31-38,41-42,49H,19-22H2,1-4H3,(H,43,45)/t31-,32-,33-,34-,35+,36+,37-,38-,41+,42+/m1/s1. The molecule has 0 saturated carbocycles. The third-order valence-electron chi connectivity index (χ3n) is 9.78.